The number of ketones is 1. The van der Waals surface area contributed by atoms with Crippen molar-refractivity contribution >= 4 is 5.78 Å². The van der Waals surface area contributed by atoms with Gasteiger partial charge in [0, 0.05) is 12.7 Å². The zero-order chi connectivity index (χ0) is 9.84. The molecule has 0 fully saturated rings. The van der Waals surface area contributed by atoms with Crippen LogP contribution in [0.4, 0.5) is 4.39 Å². The molecule has 0 saturated heterocycles. The molecule has 13 heavy (non-hydrogen) atoms. The molecule has 1 aromatic rings. The van der Waals surface area contributed by atoms with E-state index in [4.69, 9.17) is 4.74 Å². The van der Waals surface area contributed by atoms with Gasteiger partial charge in [-0.3, -0.25) is 4.79 Å². The number of ether oxygens (including phenoxy) is 1. The van der Waals surface area contributed by atoms with E-state index in [1.807, 2.05) is 0 Å². The maximum Gasteiger partial charge on any atom is 0.191 e. The van der Waals surface area contributed by atoms with Crippen molar-refractivity contribution in [2.45, 2.75) is 13.0 Å². The molecule has 1 atom stereocenters. The second kappa shape index (κ2) is 4.14. The summed E-state index contributed by atoms with van der Waals surface area (Å²) < 4.78 is 17.5. The van der Waals surface area contributed by atoms with Gasteiger partial charge in [0.2, 0.25) is 0 Å². The van der Waals surface area contributed by atoms with E-state index >= 15 is 0 Å². The Hall–Kier alpha value is -1.22. The van der Waals surface area contributed by atoms with Crippen LogP contribution in [0, 0.1) is 5.82 Å². The van der Waals surface area contributed by atoms with Crippen LogP contribution < -0.4 is 0 Å². The number of hydrogen-bond donors (Lipinski definition) is 0. The lowest BCUT2D eigenvalue weighted by atomic mass is 10.1. The van der Waals surface area contributed by atoms with Crippen molar-refractivity contribution in [1.82, 2.24) is 0 Å². The van der Waals surface area contributed by atoms with Crippen LogP contribution in [0.25, 0.3) is 0 Å². The summed E-state index contributed by atoms with van der Waals surface area (Å²) in [5, 5.41) is 0. The van der Waals surface area contributed by atoms with Gasteiger partial charge in [-0.1, -0.05) is 12.1 Å². The molecule has 0 aliphatic carbocycles. The first-order valence-corrected chi connectivity index (χ1v) is 3.97. The lowest BCUT2D eigenvalue weighted by Gasteiger charge is -2.07. The highest BCUT2D eigenvalue weighted by Gasteiger charge is 2.14. The fourth-order valence-electron chi connectivity index (χ4n) is 0.983. The summed E-state index contributed by atoms with van der Waals surface area (Å²) in [6.07, 6.45) is -0.526. The molecule has 0 saturated carbocycles. The minimum absolute atomic E-state index is 0.206. The van der Waals surface area contributed by atoms with E-state index in [-0.39, 0.29) is 5.78 Å². The van der Waals surface area contributed by atoms with Crippen LogP contribution in [0.1, 0.15) is 17.3 Å². The zero-order valence-corrected chi connectivity index (χ0v) is 7.58. The number of hydrogen-bond acceptors (Lipinski definition) is 2. The van der Waals surface area contributed by atoms with Crippen molar-refractivity contribution in [2.75, 3.05) is 7.11 Å². The Morgan fingerprint density at radius 2 is 2.23 bits per heavy atom. The van der Waals surface area contributed by atoms with E-state index in [1.165, 1.54) is 25.3 Å². The molecule has 1 aromatic carbocycles. The van der Waals surface area contributed by atoms with Gasteiger partial charge >= 0.3 is 0 Å². The molecule has 3 heteroatoms. The molecule has 0 bridgehead atoms. The van der Waals surface area contributed by atoms with E-state index in [0.29, 0.717) is 5.56 Å². The highest BCUT2D eigenvalue weighted by molar-refractivity contribution is 5.99. The van der Waals surface area contributed by atoms with Gasteiger partial charge in [0.05, 0.1) is 0 Å². The van der Waals surface area contributed by atoms with Gasteiger partial charge in [-0.2, -0.15) is 0 Å². The van der Waals surface area contributed by atoms with Gasteiger partial charge in [0.1, 0.15) is 11.9 Å². The minimum atomic E-state index is -0.526. The fourth-order valence-corrected chi connectivity index (χ4v) is 0.983. The number of carbonyl (C=O) groups excluding carboxylic acids is 1. The Bertz CT molecular complexity index is 310. The monoisotopic (exact) mass is 182 g/mol. The number of benzene rings is 1. The highest BCUT2D eigenvalue weighted by Crippen LogP contribution is 2.07. The second-order valence-electron chi connectivity index (χ2n) is 2.75. The van der Waals surface area contributed by atoms with Crippen LogP contribution in [-0.2, 0) is 4.74 Å². The summed E-state index contributed by atoms with van der Waals surface area (Å²) in [6.45, 7) is 1.63. The molecule has 0 amide bonds. The van der Waals surface area contributed by atoms with Gasteiger partial charge < -0.3 is 4.74 Å². The first-order valence-electron chi connectivity index (χ1n) is 3.97. The first kappa shape index (κ1) is 9.86. The van der Waals surface area contributed by atoms with Crippen molar-refractivity contribution in [2.24, 2.45) is 0 Å². The van der Waals surface area contributed by atoms with Crippen LogP contribution >= 0.6 is 0 Å². The van der Waals surface area contributed by atoms with Gasteiger partial charge in [-0.15, -0.1) is 0 Å². The molecule has 70 valence electrons. The van der Waals surface area contributed by atoms with Crippen LogP contribution in [0.15, 0.2) is 24.3 Å². The average molecular weight is 182 g/mol. The standard InChI is InChI=1S/C10H11FO2/c1-7(13-2)10(12)8-4-3-5-9(11)6-8/h3-7H,1-2H3. The van der Waals surface area contributed by atoms with E-state index in [9.17, 15) is 9.18 Å². The zero-order valence-electron chi connectivity index (χ0n) is 7.58. The Labute approximate surface area is 76.3 Å². The molecular formula is C10H11FO2. The van der Waals surface area contributed by atoms with Gasteiger partial charge in [-0.05, 0) is 19.1 Å². The molecule has 0 radical (unpaired) electrons. The Kier molecular flexibility index (Phi) is 3.14. The number of halogens is 1. The van der Waals surface area contributed by atoms with Crippen molar-refractivity contribution in [3.8, 4) is 0 Å². The predicted molar refractivity (Wildman–Crippen MR) is 47.2 cm³/mol. The summed E-state index contributed by atoms with van der Waals surface area (Å²) >= 11 is 0. The number of Topliss-reactive ketones (excluding diaryl/α,β-unsaturated/α-hetero) is 1. The van der Waals surface area contributed by atoms with Crippen LogP contribution in [-0.4, -0.2) is 19.0 Å². The molecule has 0 aliphatic rings. The number of carbonyl (C=O) groups is 1. The summed E-state index contributed by atoms with van der Waals surface area (Å²) in [5.41, 5.74) is 0.342. The van der Waals surface area contributed by atoms with E-state index in [0.717, 1.165) is 0 Å². The lowest BCUT2D eigenvalue weighted by Crippen LogP contribution is -2.19. The second-order valence-corrected chi connectivity index (χ2v) is 2.75. The van der Waals surface area contributed by atoms with Crippen molar-refractivity contribution in [3.63, 3.8) is 0 Å². The Morgan fingerprint density at radius 3 is 2.77 bits per heavy atom. The van der Waals surface area contributed by atoms with Crippen molar-refractivity contribution in [1.29, 1.82) is 0 Å². The molecule has 0 aliphatic heterocycles. The maximum atomic E-state index is 12.7. The van der Waals surface area contributed by atoms with E-state index < -0.39 is 11.9 Å². The first-order chi connectivity index (χ1) is 6.15. The van der Waals surface area contributed by atoms with Gasteiger partial charge in [-0.25, -0.2) is 4.39 Å². The predicted octanol–water partition coefficient (Wildman–Crippen LogP) is 2.04. The molecule has 0 spiro atoms. The summed E-state index contributed by atoms with van der Waals surface area (Å²) in [7, 11) is 1.45. The maximum absolute atomic E-state index is 12.7. The van der Waals surface area contributed by atoms with Crippen molar-refractivity contribution in [3.05, 3.63) is 35.6 Å². The Balaban J connectivity index is 2.89. The summed E-state index contributed by atoms with van der Waals surface area (Å²) in [4.78, 5) is 11.4. The molecule has 0 aromatic heterocycles. The fraction of sp³-hybridized carbons (Fsp3) is 0.300. The molecule has 2 nitrogen and oxygen atoms in total. The highest BCUT2D eigenvalue weighted by atomic mass is 19.1. The third-order valence-electron chi connectivity index (χ3n) is 1.83. The quantitative estimate of drug-likeness (QED) is 0.668. The lowest BCUT2D eigenvalue weighted by molar-refractivity contribution is 0.0655. The number of methoxy groups -OCH3 is 1. The van der Waals surface area contributed by atoms with Crippen LogP contribution in [0.3, 0.4) is 0 Å². The van der Waals surface area contributed by atoms with E-state index in [1.54, 1.807) is 13.0 Å². The van der Waals surface area contributed by atoms with Crippen molar-refractivity contribution < 1.29 is 13.9 Å². The largest absolute Gasteiger partial charge is 0.374 e. The average Bonchev–Trinajstić information content (AvgIpc) is 2.15. The minimum Gasteiger partial charge on any atom is -0.374 e. The van der Waals surface area contributed by atoms with Gasteiger partial charge in [0.25, 0.3) is 0 Å². The third-order valence-corrected chi connectivity index (χ3v) is 1.83. The smallest absolute Gasteiger partial charge is 0.191 e. The van der Waals surface area contributed by atoms with E-state index in [2.05, 4.69) is 0 Å². The summed E-state index contributed by atoms with van der Waals surface area (Å²) in [5.74, 6) is -0.615. The molecule has 0 heterocycles. The Morgan fingerprint density at radius 1 is 1.54 bits per heavy atom. The summed E-state index contributed by atoms with van der Waals surface area (Å²) in [6, 6.07) is 5.58. The van der Waals surface area contributed by atoms with Crippen LogP contribution in [0.2, 0.25) is 0 Å². The third kappa shape index (κ3) is 2.36. The normalized spacial score (nSPS) is 12.5. The molecule has 1 rings (SSSR count). The topological polar surface area (TPSA) is 26.3 Å². The van der Waals surface area contributed by atoms with Gasteiger partial charge in [0.15, 0.2) is 5.78 Å². The molecule has 1 unspecified atom stereocenters. The van der Waals surface area contributed by atoms with Crippen LogP contribution in [0.5, 0.6) is 0 Å². The molecular weight excluding hydrogens is 171 g/mol. The SMILES string of the molecule is COC(C)C(=O)c1cccc(F)c1. The molecule has 0 N–H and O–H groups in total. The number of rotatable bonds is 3.